The highest BCUT2D eigenvalue weighted by molar-refractivity contribution is 7.90. The number of aromatic nitrogens is 1. The normalized spacial score (nSPS) is 12.7. The van der Waals surface area contributed by atoms with Crippen molar-refractivity contribution in [3.63, 3.8) is 0 Å². The maximum atomic E-state index is 12.4. The predicted molar refractivity (Wildman–Crippen MR) is 83.4 cm³/mol. The largest absolute Gasteiger partial charge is 0.294 e. The van der Waals surface area contributed by atoms with Gasteiger partial charge in [0.05, 0.1) is 4.90 Å². The number of nitro groups is 1. The van der Waals surface area contributed by atoms with Gasteiger partial charge in [-0.05, 0) is 18.2 Å². The standard InChI is InChI=1S/C15H16N2O5S/c1-12(10-17(19)20)9-15(18)13-7-8-16(11-13)23(21,22)14-5-3-2-4-6-14/h2-8,11-12H,9-10H2,1H3. The van der Waals surface area contributed by atoms with Gasteiger partial charge in [-0.3, -0.25) is 14.9 Å². The summed E-state index contributed by atoms with van der Waals surface area (Å²) in [6, 6.07) is 9.28. The first kappa shape index (κ1) is 16.9. The molecular formula is C15H16N2O5S. The Morgan fingerprint density at radius 3 is 2.52 bits per heavy atom. The van der Waals surface area contributed by atoms with E-state index in [-0.39, 0.29) is 29.2 Å². The summed E-state index contributed by atoms with van der Waals surface area (Å²) in [6.07, 6.45) is 2.54. The molecule has 0 saturated heterocycles. The third kappa shape index (κ3) is 4.04. The number of hydrogen-bond donors (Lipinski definition) is 0. The Kier molecular flexibility index (Phi) is 4.95. The molecule has 1 unspecified atom stereocenters. The minimum absolute atomic E-state index is 0.00359. The summed E-state index contributed by atoms with van der Waals surface area (Å²) in [5.41, 5.74) is 0.222. The summed E-state index contributed by atoms with van der Waals surface area (Å²) in [5.74, 6) is -0.729. The zero-order valence-corrected chi connectivity index (χ0v) is 13.3. The van der Waals surface area contributed by atoms with Crippen LogP contribution in [0.3, 0.4) is 0 Å². The van der Waals surface area contributed by atoms with E-state index in [1.54, 1.807) is 25.1 Å². The van der Waals surface area contributed by atoms with E-state index < -0.39 is 20.9 Å². The quantitative estimate of drug-likeness (QED) is 0.438. The lowest BCUT2D eigenvalue weighted by molar-refractivity contribution is -0.487. The van der Waals surface area contributed by atoms with Crippen LogP contribution in [-0.4, -0.2) is 29.6 Å². The van der Waals surface area contributed by atoms with Crippen molar-refractivity contribution in [1.29, 1.82) is 0 Å². The number of benzene rings is 1. The Morgan fingerprint density at radius 1 is 1.26 bits per heavy atom. The van der Waals surface area contributed by atoms with Crippen molar-refractivity contribution in [3.05, 3.63) is 64.5 Å². The molecule has 0 bridgehead atoms. The third-order valence-corrected chi connectivity index (χ3v) is 4.95. The number of ketones is 1. The molecule has 8 heteroatoms. The monoisotopic (exact) mass is 336 g/mol. The molecule has 0 fully saturated rings. The average Bonchev–Trinajstić information content (AvgIpc) is 2.98. The molecule has 1 aromatic carbocycles. The fourth-order valence-electron chi connectivity index (χ4n) is 2.16. The van der Waals surface area contributed by atoms with Gasteiger partial charge in [0.25, 0.3) is 10.0 Å². The van der Waals surface area contributed by atoms with Crippen LogP contribution in [0.5, 0.6) is 0 Å². The molecule has 1 aromatic heterocycles. The van der Waals surface area contributed by atoms with E-state index in [1.807, 2.05) is 0 Å². The molecule has 0 N–H and O–H groups in total. The molecule has 0 saturated carbocycles. The number of Topliss-reactive ketones (excluding diaryl/α,β-unsaturated/α-hetero) is 1. The Labute approximate surface area is 133 Å². The van der Waals surface area contributed by atoms with Crippen molar-refractivity contribution < 1.29 is 18.1 Å². The van der Waals surface area contributed by atoms with Gasteiger partial charge in [0.2, 0.25) is 6.54 Å². The SMILES string of the molecule is CC(CC(=O)c1ccn(S(=O)(=O)c2ccccc2)c1)C[N+](=O)[O-]. The summed E-state index contributed by atoms with van der Waals surface area (Å²) >= 11 is 0. The molecular weight excluding hydrogens is 320 g/mol. The number of carbonyl (C=O) groups is 1. The minimum Gasteiger partial charge on any atom is -0.294 e. The van der Waals surface area contributed by atoms with Crippen LogP contribution in [0.1, 0.15) is 23.7 Å². The van der Waals surface area contributed by atoms with E-state index in [4.69, 9.17) is 0 Å². The molecule has 1 heterocycles. The molecule has 0 amide bonds. The molecule has 2 aromatic rings. The molecule has 0 aliphatic rings. The summed E-state index contributed by atoms with van der Waals surface area (Å²) in [5, 5.41) is 10.4. The van der Waals surface area contributed by atoms with Crippen molar-refractivity contribution in [3.8, 4) is 0 Å². The van der Waals surface area contributed by atoms with Crippen molar-refractivity contribution in [2.24, 2.45) is 5.92 Å². The Bertz CT molecular complexity index is 811. The van der Waals surface area contributed by atoms with Crippen molar-refractivity contribution >= 4 is 15.8 Å². The number of carbonyl (C=O) groups excluding carboxylic acids is 1. The van der Waals surface area contributed by atoms with Crippen LogP contribution in [0.25, 0.3) is 0 Å². The zero-order valence-electron chi connectivity index (χ0n) is 12.5. The van der Waals surface area contributed by atoms with Crippen molar-refractivity contribution in [2.45, 2.75) is 18.2 Å². The lowest BCUT2D eigenvalue weighted by atomic mass is 10.0. The third-order valence-electron chi connectivity index (χ3n) is 3.30. The summed E-state index contributed by atoms with van der Waals surface area (Å²) in [4.78, 5) is 22.2. The van der Waals surface area contributed by atoms with E-state index in [9.17, 15) is 23.3 Å². The second kappa shape index (κ2) is 6.74. The van der Waals surface area contributed by atoms with Gasteiger partial charge in [-0.1, -0.05) is 25.1 Å². The van der Waals surface area contributed by atoms with Crippen LogP contribution in [0.15, 0.2) is 53.7 Å². The van der Waals surface area contributed by atoms with E-state index in [0.29, 0.717) is 0 Å². The summed E-state index contributed by atoms with van der Waals surface area (Å²) < 4.78 is 25.8. The zero-order chi connectivity index (χ0) is 17.0. The smallest absolute Gasteiger partial charge is 0.267 e. The van der Waals surface area contributed by atoms with Gasteiger partial charge in [0.1, 0.15) is 0 Å². The molecule has 23 heavy (non-hydrogen) atoms. The van der Waals surface area contributed by atoms with Crippen LogP contribution < -0.4 is 0 Å². The Balaban J connectivity index is 2.18. The second-order valence-electron chi connectivity index (χ2n) is 5.30. The van der Waals surface area contributed by atoms with Crippen LogP contribution in [0.2, 0.25) is 0 Å². The number of nitrogens with zero attached hydrogens (tertiary/aromatic N) is 2. The van der Waals surface area contributed by atoms with E-state index in [0.717, 1.165) is 3.97 Å². The lowest BCUT2D eigenvalue weighted by Gasteiger charge is -2.06. The van der Waals surface area contributed by atoms with Crippen LogP contribution in [0.4, 0.5) is 0 Å². The van der Waals surface area contributed by atoms with Gasteiger partial charge >= 0.3 is 0 Å². The highest BCUT2D eigenvalue weighted by atomic mass is 32.2. The van der Waals surface area contributed by atoms with Crippen LogP contribution >= 0.6 is 0 Å². The first-order chi connectivity index (χ1) is 10.8. The summed E-state index contributed by atoms with van der Waals surface area (Å²) in [7, 11) is -3.74. The highest BCUT2D eigenvalue weighted by Crippen LogP contribution is 2.17. The highest BCUT2D eigenvalue weighted by Gasteiger charge is 2.20. The topological polar surface area (TPSA) is 99.3 Å². The molecule has 0 aliphatic heterocycles. The molecule has 1 atom stereocenters. The van der Waals surface area contributed by atoms with E-state index >= 15 is 0 Å². The first-order valence-corrected chi connectivity index (χ1v) is 8.38. The molecule has 7 nitrogen and oxygen atoms in total. The van der Waals surface area contributed by atoms with Gasteiger partial charge in [-0.25, -0.2) is 12.4 Å². The predicted octanol–water partition coefficient (Wildman–Crippen LogP) is 2.21. The van der Waals surface area contributed by atoms with Crippen molar-refractivity contribution in [2.75, 3.05) is 6.54 Å². The second-order valence-corrected chi connectivity index (χ2v) is 7.14. The number of rotatable bonds is 7. The van der Waals surface area contributed by atoms with Crippen molar-refractivity contribution in [1.82, 2.24) is 3.97 Å². The average molecular weight is 336 g/mol. The Morgan fingerprint density at radius 2 is 1.91 bits per heavy atom. The van der Waals surface area contributed by atoms with Crippen LogP contribution in [-0.2, 0) is 10.0 Å². The van der Waals surface area contributed by atoms with E-state index in [2.05, 4.69) is 0 Å². The molecule has 122 valence electrons. The van der Waals surface area contributed by atoms with Gasteiger partial charge in [0, 0.05) is 35.2 Å². The van der Waals surface area contributed by atoms with Gasteiger partial charge in [-0.15, -0.1) is 0 Å². The van der Waals surface area contributed by atoms with E-state index in [1.165, 1.54) is 30.6 Å². The maximum absolute atomic E-state index is 12.4. The summed E-state index contributed by atoms with van der Waals surface area (Å²) in [6.45, 7) is 1.31. The molecule has 0 aliphatic carbocycles. The van der Waals surface area contributed by atoms with Crippen LogP contribution in [0, 0.1) is 16.0 Å². The number of hydrogen-bond acceptors (Lipinski definition) is 5. The van der Waals surface area contributed by atoms with Gasteiger partial charge in [0.15, 0.2) is 5.78 Å². The van der Waals surface area contributed by atoms with Gasteiger partial charge in [-0.2, -0.15) is 0 Å². The first-order valence-electron chi connectivity index (χ1n) is 6.94. The van der Waals surface area contributed by atoms with Gasteiger partial charge < -0.3 is 0 Å². The Hall–Kier alpha value is -2.48. The minimum atomic E-state index is -3.74. The molecule has 0 spiro atoms. The fraction of sp³-hybridized carbons (Fsp3) is 0.267. The molecule has 2 rings (SSSR count). The molecule has 0 radical (unpaired) electrons. The maximum Gasteiger partial charge on any atom is 0.267 e. The lowest BCUT2D eigenvalue weighted by Crippen LogP contribution is -2.15. The fourth-order valence-corrected chi connectivity index (χ4v) is 3.38.